The van der Waals surface area contributed by atoms with Crippen LogP contribution in [-0.4, -0.2) is 4.98 Å². The van der Waals surface area contributed by atoms with Gasteiger partial charge in [-0.1, -0.05) is 109 Å². The molecule has 0 atom stereocenters. The second kappa shape index (κ2) is 9.82. The van der Waals surface area contributed by atoms with Crippen LogP contribution in [-0.2, 0) is 0 Å². The Morgan fingerprint density at radius 1 is 0.455 bits per heavy atom. The summed E-state index contributed by atoms with van der Waals surface area (Å²) in [5.74, 6) is 0. The number of para-hydroxylation sites is 2. The lowest BCUT2D eigenvalue weighted by Gasteiger charge is -2.26. The summed E-state index contributed by atoms with van der Waals surface area (Å²) in [6.45, 7) is 0. The van der Waals surface area contributed by atoms with E-state index in [0.29, 0.717) is 5.71 Å². The van der Waals surface area contributed by atoms with E-state index >= 15 is 0 Å². The number of pyridine rings is 1. The van der Waals surface area contributed by atoms with Crippen LogP contribution in [0.3, 0.4) is 0 Å². The SMILES string of the molecule is c1ccc(N(c2ccc(-c3ccc4ccc5ccc6ccccc6c5c4c3)cc2)c2ccnc3oc4ccccc4c23)cc1. The van der Waals surface area contributed by atoms with E-state index in [1.165, 1.54) is 43.4 Å². The molecule has 0 saturated carbocycles. The minimum absolute atomic E-state index is 0.636. The summed E-state index contributed by atoms with van der Waals surface area (Å²) in [5, 5.41) is 9.71. The zero-order chi connectivity index (χ0) is 29.0. The molecule has 9 aromatic rings. The molecule has 0 amide bonds. The molecule has 0 aliphatic rings. The maximum absolute atomic E-state index is 6.15. The van der Waals surface area contributed by atoms with E-state index in [4.69, 9.17) is 4.42 Å². The van der Waals surface area contributed by atoms with Gasteiger partial charge >= 0.3 is 0 Å². The normalized spacial score (nSPS) is 11.6. The van der Waals surface area contributed by atoms with Crippen molar-refractivity contribution < 1.29 is 4.42 Å². The Balaban J connectivity index is 1.20. The van der Waals surface area contributed by atoms with Crippen molar-refractivity contribution in [2.45, 2.75) is 0 Å². The van der Waals surface area contributed by atoms with Crippen molar-refractivity contribution in [3.05, 3.63) is 158 Å². The Kier molecular flexibility index (Phi) is 5.50. The van der Waals surface area contributed by atoms with E-state index in [1.54, 1.807) is 0 Å². The number of anilines is 3. The summed E-state index contributed by atoms with van der Waals surface area (Å²) in [4.78, 5) is 6.86. The third kappa shape index (κ3) is 3.87. The molecule has 0 fully saturated rings. The van der Waals surface area contributed by atoms with Gasteiger partial charge in [-0.15, -0.1) is 0 Å². The molecule has 206 valence electrons. The van der Waals surface area contributed by atoms with Crippen molar-refractivity contribution in [3.8, 4) is 11.1 Å². The van der Waals surface area contributed by atoms with E-state index in [-0.39, 0.29) is 0 Å². The Bertz CT molecular complexity index is 2490. The van der Waals surface area contributed by atoms with Crippen LogP contribution in [0.15, 0.2) is 162 Å². The molecule has 0 aliphatic carbocycles. The number of hydrogen-bond donors (Lipinski definition) is 0. The summed E-state index contributed by atoms with van der Waals surface area (Å²) in [6.07, 6.45) is 1.83. The highest BCUT2D eigenvalue weighted by molar-refractivity contribution is 6.20. The van der Waals surface area contributed by atoms with E-state index in [1.807, 2.05) is 30.5 Å². The highest BCUT2D eigenvalue weighted by Crippen LogP contribution is 2.42. The fraction of sp³-hybridized carbons (Fsp3) is 0. The highest BCUT2D eigenvalue weighted by Gasteiger charge is 2.20. The van der Waals surface area contributed by atoms with Crippen LogP contribution in [0.25, 0.3) is 65.5 Å². The second-order valence-corrected chi connectivity index (χ2v) is 11.2. The highest BCUT2D eigenvalue weighted by atomic mass is 16.3. The van der Waals surface area contributed by atoms with Gasteiger partial charge in [0.25, 0.3) is 0 Å². The zero-order valence-electron chi connectivity index (χ0n) is 23.8. The fourth-order valence-corrected chi connectivity index (χ4v) is 6.63. The van der Waals surface area contributed by atoms with Crippen LogP contribution < -0.4 is 4.90 Å². The van der Waals surface area contributed by atoms with Crippen molar-refractivity contribution in [2.24, 2.45) is 0 Å². The molecule has 0 bridgehead atoms. The van der Waals surface area contributed by atoms with Gasteiger partial charge in [-0.25, -0.2) is 4.98 Å². The summed E-state index contributed by atoms with van der Waals surface area (Å²) in [5.41, 5.74) is 7.01. The van der Waals surface area contributed by atoms with Gasteiger partial charge in [-0.05, 0) is 85.9 Å². The van der Waals surface area contributed by atoms with Crippen LogP contribution >= 0.6 is 0 Å². The average Bonchev–Trinajstić information content (AvgIpc) is 3.48. The molecule has 0 radical (unpaired) electrons. The molecule has 2 heterocycles. The first-order chi connectivity index (χ1) is 21.8. The van der Waals surface area contributed by atoms with Crippen molar-refractivity contribution in [3.63, 3.8) is 0 Å². The van der Waals surface area contributed by atoms with Gasteiger partial charge in [0, 0.05) is 23.0 Å². The number of hydrogen-bond acceptors (Lipinski definition) is 3. The summed E-state index contributed by atoms with van der Waals surface area (Å²) < 4.78 is 6.15. The molecular formula is C41H26N2O. The molecular weight excluding hydrogens is 536 g/mol. The minimum atomic E-state index is 0.636. The lowest BCUT2D eigenvalue weighted by atomic mass is 9.94. The van der Waals surface area contributed by atoms with Crippen molar-refractivity contribution in [1.82, 2.24) is 4.98 Å². The van der Waals surface area contributed by atoms with Crippen LogP contribution in [0.5, 0.6) is 0 Å². The Morgan fingerprint density at radius 3 is 1.93 bits per heavy atom. The predicted octanol–water partition coefficient (Wildman–Crippen LogP) is 11.6. The van der Waals surface area contributed by atoms with Crippen LogP contribution in [0, 0.1) is 0 Å². The zero-order valence-corrected chi connectivity index (χ0v) is 23.8. The van der Waals surface area contributed by atoms with Crippen molar-refractivity contribution in [1.29, 1.82) is 0 Å². The summed E-state index contributed by atoms with van der Waals surface area (Å²) in [7, 11) is 0. The Morgan fingerprint density at radius 2 is 1.09 bits per heavy atom. The third-order valence-electron chi connectivity index (χ3n) is 8.70. The van der Waals surface area contributed by atoms with Gasteiger partial charge in [-0.3, -0.25) is 0 Å². The van der Waals surface area contributed by atoms with Crippen LogP contribution in [0.1, 0.15) is 0 Å². The maximum Gasteiger partial charge on any atom is 0.229 e. The van der Waals surface area contributed by atoms with Gasteiger partial charge in [0.2, 0.25) is 5.71 Å². The average molecular weight is 563 g/mol. The minimum Gasteiger partial charge on any atom is -0.438 e. The lowest BCUT2D eigenvalue weighted by Crippen LogP contribution is -2.10. The first kappa shape index (κ1) is 24.6. The number of fused-ring (bicyclic) bond motifs is 8. The number of rotatable bonds is 4. The first-order valence-electron chi connectivity index (χ1n) is 14.9. The molecule has 44 heavy (non-hydrogen) atoms. The van der Waals surface area contributed by atoms with Crippen molar-refractivity contribution >= 4 is 71.4 Å². The first-order valence-corrected chi connectivity index (χ1v) is 14.9. The quantitative estimate of drug-likeness (QED) is 0.200. The molecule has 0 N–H and O–H groups in total. The molecule has 0 unspecified atom stereocenters. The molecule has 3 heteroatoms. The van der Waals surface area contributed by atoms with Gasteiger partial charge in [0.05, 0.1) is 11.1 Å². The molecule has 7 aromatic carbocycles. The topological polar surface area (TPSA) is 29.3 Å². The van der Waals surface area contributed by atoms with Gasteiger partial charge < -0.3 is 9.32 Å². The smallest absolute Gasteiger partial charge is 0.229 e. The molecule has 3 nitrogen and oxygen atoms in total. The maximum atomic E-state index is 6.15. The van der Waals surface area contributed by atoms with E-state index in [0.717, 1.165) is 33.4 Å². The summed E-state index contributed by atoms with van der Waals surface area (Å²) >= 11 is 0. The lowest BCUT2D eigenvalue weighted by molar-refractivity contribution is 0.654. The van der Waals surface area contributed by atoms with Crippen molar-refractivity contribution in [2.75, 3.05) is 4.90 Å². The van der Waals surface area contributed by atoms with Gasteiger partial charge in [0.15, 0.2) is 0 Å². The van der Waals surface area contributed by atoms with Crippen LogP contribution in [0.4, 0.5) is 17.1 Å². The van der Waals surface area contributed by atoms with E-state index in [2.05, 4.69) is 137 Å². The van der Waals surface area contributed by atoms with Crippen LogP contribution in [0.2, 0.25) is 0 Å². The number of furan rings is 1. The molecule has 0 saturated heterocycles. The summed E-state index contributed by atoms with van der Waals surface area (Å²) in [6, 6.07) is 53.9. The number of benzene rings is 7. The van der Waals surface area contributed by atoms with Gasteiger partial charge in [-0.2, -0.15) is 0 Å². The third-order valence-corrected chi connectivity index (χ3v) is 8.70. The standard InChI is InChI=1S/C41H26N2O/c1-2-9-32(10-3-1)43(37-24-25-42-41-40(37)35-12-6-7-13-38(35)44-41)33-22-20-27(21-23-33)31-19-16-29-15-18-30-17-14-28-8-4-5-11-34(28)39(30)36(29)26-31/h1-26H. The number of nitrogens with zero attached hydrogens (tertiary/aromatic N) is 2. The predicted molar refractivity (Wildman–Crippen MR) is 184 cm³/mol. The molecule has 2 aromatic heterocycles. The molecule has 9 rings (SSSR count). The Hall–Kier alpha value is -5.93. The second-order valence-electron chi connectivity index (χ2n) is 11.2. The fourth-order valence-electron chi connectivity index (χ4n) is 6.63. The number of aromatic nitrogens is 1. The Labute approximate surface area is 254 Å². The monoisotopic (exact) mass is 562 g/mol. The van der Waals surface area contributed by atoms with E-state index < -0.39 is 0 Å². The largest absolute Gasteiger partial charge is 0.438 e. The van der Waals surface area contributed by atoms with E-state index in [9.17, 15) is 0 Å². The molecule has 0 aliphatic heterocycles. The van der Waals surface area contributed by atoms with Gasteiger partial charge in [0.1, 0.15) is 5.58 Å². The molecule has 0 spiro atoms.